The Morgan fingerprint density at radius 1 is 1.83 bits per heavy atom. The second-order valence-corrected chi connectivity index (χ2v) is 0.890. The summed E-state index contributed by atoms with van der Waals surface area (Å²) in [4.78, 5) is 0. The number of nitrogens with two attached hydrogens (primary N) is 1. The monoisotopic (exact) mass is 271 g/mol. The Labute approximate surface area is 53.2 Å². The summed E-state index contributed by atoms with van der Waals surface area (Å²) in [5, 5.41) is 8.12. The molecule has 0 aliphatic carbocycles. The molecule has 0 saturated heterocycles. The normalized spacial score (nSPS) is 12.5. The van der Waals surface area contributed by atoms with Gasteiger partial charge in [-0.2, -0.15) is 0 Å². The molecule has 0 aromatic carbocycles. The fourth-order valence-corrected chi connectivity index (χ4v) is 0. The van der Waals surface area contributed by atoms with Gasteiger partial charge >= 0.3 is 22.4 Å². The van der Waals surface area contributed by atoms with E-state index in [4.69, 9.17) is 10.8 Å². The Hall–Kier alpha value is 0.660. The molecule has 0 aliphatic rings. The quantitative estimate of drug-likeness (QED) is 0.481. The van der Waals surface area contributed by atoms with Gasteiger partial charge in [0.1, 0.15) is 0 Å². The van der Waals surface area contributed by atoms with Gasteiger partial charge in [0.25, 0.3) is 0 Å². The summed E-state index contributed by atoms with van der Waals surface area (Å²) in [6.45, 7) is 3.44. The van der Waals surface area contributed by atoms with Gasteiger partial charge in [0.15, 0.2) is 0 Å². The number of hydrogen-bond donors (Lipinski definition) is 2. The van der Waals surface area contributed by atoms with Crippen LogP contribution in [0.15, 0.2) is 0 Å². The van der Waals surface area contributed by atoms with Crippen LogP contribution in [0.1, 0.15) is 0 Å². The number of aliphatic hydroxyl groups is 1. The van der Waals surface area contributed by atoms with Crippen molar-refractivity contribution in [2.45, 2.75) is 6.10 Å². The van der Waals surface area contributed by atoms with E-state index in [0.29, 0.717) is 0 Å². The Morgan fingerprint density at radius 2 is 2.00 bits per heavy atom. The molecule has 0 saturated carbocycles. The predicted molar refractivity (Wildman–Crippen MR) is 20.4 cm³/mol. The second-order valence-electron chi connectivity index (χ2n) is 0.890. The summed E-state index contributed by atoms with van der Waals surface area (Å²) < 4.78 is 0. The van der Waals surface area contributed by atoms with Crippen LogP contribution in [0, 0.1) is 6.92 Å². The molecule has 1 atom stereocenters. The number of aliphatic hydroxyl groups excluding tert-OH is 1. The number of hydrogen-bond acceptors (Lipinski definition) is 2. The van der Waals surface area contributed by atoms with Crippen molar-refractivity contribution in [3.05, 3.63) is 6.92 Å². The maximum Gasteiger partial charge on any atom is 1.00 e. The van der Waals surface area contributed by atoms with Crippen LogP contribution < -0.4 is 5.73 Å². The fraction of sp³-hybridized carbons (Fsp3) is 0.667. The van der Waals surface area contributed by atoms with Gasteiger partial charge < -0.3 is 17.8 Å². The third kappa shape index (κ3) is 8.82. The molecule has 0 rings (SSSR count). The van der Waals surface area contributed by atoms with Crippen LogP contribution in [-0.2, 0) is 22.4 Å². The minimum Gasteiger partial charge on any atom is -0.424 e. The average Bonchev–Trinajstić information content (AvgIpc) is 1.38. The number of rotatable bonds is 1. The van der Waals surface area contributed by atoms with Crippen LogP contribution in [0.4, 0.5) is 0 Å². The zero-order chi connectivity index (χ0) is 4.28. The average molecular weight is 271 g/mol. The van der Waals surface area contributed by atoms with E-state index in [2.05, 4.69) is 6.92 Å². The van der Waals surface area contributed by atoms with Crippen molar-refractivity contribution in [1.82, 2.24) is 0 Å². The molecule has 2 nitrogen and oxygen atoms in total. The second kappa shape index (κ2) is 5.66. The summed E-state index contributed by atoms with van der Waals surface area (Å²) in [5.74, 6) is 0. The van der Waals surface area contributed by atoms with Crippen molar-refractivity contribution in [2.75, 3.05) is 6.54 Å². The van der Waals surface area contributed by atoms with Gasteiger partial charge in [-0.15, -0.1) is 0 Å². The van der Waals surface area contributed by atoms with Crippen LogP contribution in [0.3, 0.4) is 0 Å². The molecule has 0 amide bonds. The van der Waals surface area contributed by atoms with E-state index in [9.17, 15) is 0 Å². The van der Waals surface area contributed by atoms with Gasteiger partial charge in [0.05, 0.1) is 0 Å². The SMILES string of the molecule is [Au+].[CH2-]C(O)CN. The van der Waals surface area contributed by atoms with Gasteiger partial charge in [-0.25, -0.2) is 0 Å². The molecule has 0 aromatic rings. The molecular weight excluding hydrogens is 263 g/mol. The van der Waals surface area contributed by atoms with E-state index in [1.165, 1.54) is 0 Å². The summed E-state index contributed by atoms with van der Waals surface area (Å²) in [7, 11) is 0. The summed E-state index contributed by atoms with van der Waals surface area (Å²) in [6.07, 6.45) is -0.588. The summed E-state index contributed by atoms with van der Waals surface area (Å²) in [6, 6.07) is 0. The van der Waals surface area contributed by atoms with Crippen LogP contribution >= 0.6 is 0 Å². The standard InChI is InChI=1S/C3H8NO.Au/c1-3(5)2-4;/h3,5H,1-2,4H2;/q-1;+1. The molecule has 0 fully saturated rings. The molecule has 1 unspecified atom stereocenters. The molecule has 0 heterocycles. The van der Waals surface area contributed by atoms with Crippen molar-refractivity contribution in [3.63, 3.8) is 0 Å². The molecule has 0 aromatic heterocycles. The molecule has 0 bridgehead atoms. The van der Waals surface area contributed by atoms with E-state index < -0.39 is 6.10 Å². The zero-order valence-electron chi connectivity index (χ0n) is 3.32. The largest absolute Gasteiger partial charge is 1.00 e. The van der Waals surface area contributed by atoms with Gasteiger partial charge in [-0.05, 0) is 6.54 Å². The van der Waals surface area contributed by atoms with Crippen molar-refractivity contribution in [1.29, 1.82) is 0 Å². The Morgan fingerprint density at radius 3 is 2.00 bits per heavy atom. The van der Waals surface area contributed by atoms with Gasteiger partial charge in [-0.3, -0.25) is 0 Å². The van der Waals surface area contributed by atoms with E-state index in [-0.39, 0.29) is 28.9 Å². The predicted octanol–water partition coefficient (Wildman–Crippen LogP) is -0.862. The van der Waals surface area contributed by atoms with Gasteiger partial charge in [0.2, 0.25) is 0 Å². The minimum absolute atomic E-state index is 0. The van der Waals surface area contributed by atoms with E-state index in [0.717, 1.165) is 0 Å². The van der Waals surface area contributed by atoms with Crippen molar-refractivity contribution < 1.29 is 27.5 Å². The fourth-order valence-electron chi connectivity index (χ4n) is 0. The Kier molecular flexibility index (Phi) is 9.27. The van der Waals surface area contributed by atoms with Gasteiger partial charge in [0, 0.05) is 0 Å². The summed E-state index contributed by atoms with van der Waals surface area (Å²) >= 11 is 0. The zero-order valence-corrected chi connectivity index (χ0v) is 5.48. The summed E-state index contributed by atoms with van der Waals surface area (Å²) in [5.41, 5.74) is 4.86. The van der Waals surface area contributed by atoms with Gasteiger partial charge in [-0.1, -0.05) is 6.10 Å². The first-order valence-corrected chi connectivity index (χ1v) is 1.48. The first kappa shape index (κ1) is 9.83. The maximum atomic E-state index is 8.12. The van der Waals surface area contributed by atoms with Crippen LogP contribution in [-0.4, -0.2) is 17.8 Å². The smallest absolute Gasteiger partial charge is 0.424 e. The molecule has 42 valence electrons. The first-order valence-electron chi connectivity index (χ1n) is 1.48. The first-order chi connectivity index (χ1) is 2.27. The Bertz CT molecular complexity index is 24.8. The molecule has 0 aliphatic heterocycles. The van der Waals surface area contributed by atoms with E-state index in [1.807, 2.05) is 0 Å². The van der Waals surface area contributed by atoms with Crippen LogP contribution in [0.25, 0.3) is 0 Å². The third-order valence-electron chi connectivity index (χ3n) is 0.272. The van der Waals surface area contributed by atoms with E-state index in [1.54, 1.807) is 0 Å². The topological polar surface area (TPSA) is 46.2 Å². The van der Waals surface area contributed by atoms with E-state index >= 15 is 0 Å². The molecule has 3 heteroatoms. The van der Waals surface area contributed by atoms with Crippen molar-refractivity contribution in [3.8, 4) is 0 Å². The van der Waals surface area contributed by atoms with Crippen molar-refractivity contribution in [2.24, 2.45) is 5.73 Å². The maximum absolute atomic E-state index is 8.12. The van der Waals surface area contributed by atoms with Crippen LogP contribution in [0.5, 0.6) is 0 Å². The molecule has 6 heavy (non-hydrogen) atoms. The minimum atomic E-state index is -0.588. The third-order valence-corrected chi connectivity index (χ3v) is 0.272. The molecule has 0 radical (unpaired) electrons. The van der Waals surface area contributed by atoms with Crippen molar-refractivity contribution >= 4 is 0 Å². The molecular formula is C3H8AuNO. The Balaban J connectivity index is 0. The van der Waals surface area contributed by atoms with Crippen LogP contribution in [0.2, 0.25) is 0 Å². The molecule has 0 spiro atoms. The molecule has 3 N–H and O–H groups in total.